The maximum Gasteiger partial charge on any atom is 0.235 e. The molecule has 4 heteroatoms. The lowest BCUT2D eigenvalue weighted by atomic mass is 10.3. The predicted octanol–water partition coefficient (Wildman–Crippen LogP) is -0.506. The first-order valence-electron chi connectivity index (χ1n) is 3.91. The van der Waals surface area contributed by atoms with Crippen LogP contribution in [0.1, 0.15) is 19.8 Å². The van der Waals surface area contributed by atoms with Gasteiger partial charge in [-0.3, -0.25) is 10.2 Å². The van der Waals surface area contributed by atoms with E-state index in [2.05, 4.69) is 5.43 Å². The van der Waals surface area contributed by atoms with E-state index in [-0.39, 0.29) is 12.0 Å². The molecule has 1 aliphatic heterocycles. The van der Waals surface area contributed by atoms with Crippen molar-refractivity contribution >= 4 is 5.91 Å². The van der Waals surface area contributed by atoms with Gasteiger partial charge in [0.05, 0.1) is 6.10 Å². The first-order chi connectivity index (χ1) is 5.18. The summed E-state index contributed by atoms with van der Waals surface area (Å²) in [5.74, 6) is 0.0793. The zero-order valence-electron chi connectivity index (χ0n) is 6.71. The molecule has 2 N–H and O–H groups in total. The van der Waals surface area contributed by atoms with Gasteiger partial charge in [0.2, 0.25) is 5.91 Å². The molecule has 0 saturated carbocycles. The maximum atomic E-state index is 10.7. The Morgan fingerprint density at radius 3 is 3.00 bits per heavy atom. The maximum absolute atomic E-state index is 10.7. The number of rotatable bonds is 3. The Morgan fingerprint density at radius 1 is 1.82 bits per heavy atom. The van der Waals surface area contributed by atoms with E-state index >= 15 is 0 Å². The van der Waals surface area contributed by atoms with Crippen LogP contribution in [0, 0.1) is 0 Å². The van der Waals surface area contributed by atoms with Gasteiger partial charge in [0.1, 0.15) is 0 Å². The molecule has 0 aliphatic carbocycles. The molecule has 0 spiro atoms. The monoisotopic (exact) mass is 158 g/mol. The Hall–Kier alpha value is -0.610. The summed E-state index contributed by atoms with van der Waals surface area (Å²) < 4.78 is 0. The molecule has 64 valence electrons. The Kier molecular flexibility index (Phi) is 2.84. The number of carbonyl (C=O) groups is 1. The third kappa shape index (κ3) is 2.86. The first-order valence-corrected chi connectivity index (χ1v) is 3.91. The number of hydrogen-bond donors (Lipinski definition) is 2. The van der Waals surface area contributed by atoms with Crippen molar-refractivity contribution in [2.24, 2.45) is 0 Å². The van der Waals surface area contributed by atoms with E-state index in [9.17, 15) is 4.79 Å². The average molecular weight is 158 g/mol. The van der Waals surface area contributed by atoms with Crippen molar-refractivity contribution in [3.63, 3.8) is 0 Å². The van der Waals surface area contributed by atoms with E-state index in [1.54, 1.807) is 6.92 Å². The second kappa shape index (κ2) is 3.69. The van der Waals surface area contributed by atoms with E-state index in [1.807, 2.05) is 5.01 Å². The lowest BCUT2D eigenvalue weighted by Crippen LogP contribution is -2.34. The smallest absolute Gasteiger partial charge is 0.235 e. The lowest BCUT2D eigenvalue weighted by molar-refractivity contribution is -0.121. The fraction of sp³-hybridized carbons (Fsp3) is 0.857. The van der Waals surface area contributed by atoms with E-state index in [0.29, 0.717) is 12.8 Å². The molecular formula is C7H14N2O2. The van der Waals surface area contributed by atoms with Crippen LogP contribution >= 0.6 is 0 Å². The lowest BCUT2D eigenvalue weighted by Gasteiger charge is -2.14. The minimum Gasteiger partial charge on any atom is -0.393 e. The zero-order valence-corrected chi connectivity index (χ0v) is 6.71. The van der Waals surface area contributed by atoms with Crippen molar-refractivity contribution in [1.82, 2.24) is 10.4 Å². The van der Waals surface area contributed by atoms with Crippen molar-refractivity contribution in [3.05, 3.63) is 0 Å². The highest BCUT2D eigenvalue weighted by Crippen LogP contribution is 2.00. The standard InChI is InChI=1S/C7H14N2O2/c1-6(10)2-4-9-5-3-7(11)8-9/h6,10H,2-5H2,1H3,(H,8,11). The minimum atomic E-state index is -0.285. The molecule has 0 radical (unpaired) electrons. The molecule has 1 amide bonds. The molecule has 0 aromatic carbocycles. The summed E-state index contributed by atoms with van der Waals surface area (Å²) in [6, 6.07) is 0. The SMILES string of the molecule is CC(O)CCN1CCC(=O)N1. The van der Waals surface area contributed by atoms with Gasteiger partial charge in [0.15, 0.2) is 0 Å². The zero-order chi connectivity index (χ0) is 8.27. The van der Waals surface area contributed by atoms with Crippen molar-refractivity contribution in [2.45, 2.75) is 25.9 Å². The molecule has 1 atom stereocenters. The van der Waals surface area contributed by atoms with E-state index in [4.69, 9.17) is 5.11 Å². The van der Waals surface area contributed by atoms with Crippen LogP contribution < -0.4 is 5.43 Å². The summed E-state index contributed by atoms with van der Waals surface area (Å²) in [6.45, 7) is 3.26. The fourth-order valence-corrected chi connectivity index (χ4v) is 1.04. The number of nitrogens with zero attached hydrogens (tertiary/aromatic N) is 1. The summed E-state index contributed by atoms with van der Waals surface area (Å²) in [6.07, 6.45) is 1.01. The predicted molar refractivity (Wildman–Crippen MR) is 40.6 cm³/mol. The van der Waals surface area contributed by atoms with E-state index in [1.165, 1.54) is 0 Å². The van der Waals surface area contributed by atoms with Crippen LogP contribution in [0.15, 0.2) is 0 Å². The van der Waals surface area contributed by atoms with Gasteiger partial charge in [-0.15, -0.1) is 0 Å². The third-order valence-corrected chi connectivity index (χ3v) is 1.71. The molecule has 0 bridgehead atoms. The average Bonchev–Trinajstić information content (AvgIpc) is 2.31. The highest BCUT2D eigenvalue weighted by molar-refractivity contribution is 5.77. The summed E-state index contributed by atoms with van der Waals surface area (Å²) in [7, 11) is 0. The Labute approximate surface area is 66.2 Å². The van der Waals surface area contributed by atoms with Gasteiger partial charge < -0.3 is 5.11 Å². The number of carbonyl (C=O) groups excluding carboxylic acids is 1. The van der Waals surface area contributed by atoms with Gasteiger partial charge in [-0.05, 0) is 13.3 Å². The largest absolute Gasteiger partial charge is 0.393 e. The molecule has 4 nitrogen and oxygen atoms in total. The normalized spacial score (nSPS) is 21.8. The van der Waals surface area contributed by atoms with Crippen LogP contribution in [-0.4, -0.2) is 35.2 Å². The topological polar surface area (TPSA) is 52.6 Å². The molecule has 1 rings (SSSR count). The fourth-order valence-electron chi connectivity index (χ4n) is 1.04. The highest BCUT2D eigenvalue weighted by atomic mass is 16.3. The van der Waals surface area contributed by atoms with Crippen molar-refractivity contribution < 1.29 is 9.90 Å². The minimum absolute atomic E-state index is 0.0793. The number of aliphatic hydroxyl groups is 1. The van der Waals surface area contributed by atoms with Gasteiger partial charge in [-0.2, -0.15) is 0 Å². The van der Waals surface area contributed by atoms with Gasteiger partial charge in [0, 0.05) is 19.5 Å². The Balaban J connectivity index is 2.13. The van der Waals surface area contributed by atoms with Crippen LogP contribution in [-0.2, 0) is 4.79 Å². The van der Waals surface area contributed by atoms with Gasteiger partial charge in [0.25, 0.3) is 0 Å². The number of nitrogens with one attached hydrogen (secondary N) is 1. The van der Waals surface area contributed by atoms with E-state index in [0.717, 1.165) is 13.1 Å². The molecule has 0 aromatic rings. The van der Waals surface area contributed by atoms with Crippen molar-refractivity contribution in [2.75, 3.05) is 13.1 Å². The van der Waals surface area contributed by atoms with Gasteiger partial charge in [-0.25, -0.2) is 5.01 Å². The molecule has 1 fully saturated rings. The van der Waals surface area contributed by atoms with Crippen LogP contribution in [0.4, 0.5) is 0 Å². The van der Waals surface area contributed by atoms with Crippen LogP contribution in [0.3, 0.4) is 0 Å². The third-order valence-electron chi connectivity index (χ3n) is 1.71. The molecular weight excluding hydrogens is 144 g/mol. The van der Waals surface area contributed by atoms with Crippen molar-refractivity contribution in [3.8, 4) is 0 Å². The number of aliphatic hydroxyl groups excluding tert-OH is 1. The summed E-state index contributed by atoms with van der Waals surface area (Å²) >= 11 is 0. The summed E-state index contributed by atoms with van der Waals surface area (Å²) in [4.78, 5) is 10.7. The quantitative estimate of drug-likeness (QED) is 0.582. The second-order valence-electron chi connectivity index (χ2n) is 2.91. The Bertz CT molecular complexity index is 147. The second-order valence-corrected chi connectivity index (χ2v) is 2.91. The molecule has 1 saturated heterocycles. The number of amides is 1. The van der Waals surface area contributed by atoms with Gasteiger partial charge in [-0.1, -0.05) is 0 Å². The van der Waals surface area contributed by atoms with Crippen LogP contribution in [0.2, 0.25) is 0 Å². The summed E-state index contributed by atoms with van der Waals surface area (Å²) in [5.41, 5.74) is 2.69. The number of hydrazine groups is 1. The van der Waals surface area contributed by atoms with Crippen molar-refractivity contribution in [1.29, 1.82) is 0 Å². The molecule has 11 heavy (non-hydrogen) atoms. The van der Waals surface area contributed by atoms with E-state index < -0.39 is 0 Å². The molecule has 1 aliphatic rings. The highest BCUT2D eigenvalue weighted by Gasteiger charge is 2.17. The summed E-state index contributed by atoms with van der Waals surface area (Å²) in [5, 5.41) is 10.8. The number of hydrogen-bond acceptors (Lipinski definition) is 3. The molecule has 1 heterocycles. The molecule has 0 aromatic heterocycles. The Morgan fingerprint density at radius 2 is 2.55 bits per heavy atom. The first kappa shape index (κ1) is 8.49. The van der Waals surface area contributed by atoms with Gasteiger partial charge >= 0.3 is 0 Å². The van der Waals surface area contributed by atoms with Crippen LogP contribution in [0.25, 0.3) is 0 Å². The molecule has 1 unspecified atom stereocenters. The van der Waals surface area contributed by atoms with Crippen LogP contribution in [0.5, 0.6) is 0 Å².